The molecule has 360 valence electrons. The van der Waals surface area contributed by atoms with E-state index in [4.69, 9.17) is 56.8 Å². The quantitative estimate of drug-likeness (QED) is 0.0249. The van der Waals surface area contributed by atoms with Gasteiger partial charge in [0.2, 0.25) is 0 Å². The molecule has 60 heavy (non-hydrogen) atoms. The van der Waals surface area contributed by atoms with Gasteiger partial charge in [0.05, 0.1) is 139 Å². The minimum atomic E-state index is -0.129. The van der Waals surface area contributed by atoms with Crippen molar-refractivity contribution in [2.75, 3.05) is 156 Å². The lowest BCUT2D eigenvalue weighted by molar-refractivity contribution is -0.145. The minimum Gasteiger partial charge on any atom is -0.463 e. The smallest absolute Gasteiger partial charge is 0.305 e. The molecule has 0 amide bonds. The third-order valence-electron chi connectivity index (χ3n) is 9.37. The van der Waals surface area contributed by atoms with Crippen LogP contribution in [0.1, 0.15) is 135 Å². The molecule has 0 N–H and O–H groups in total. The number of alkyl halides is 1. The van der Waals surface area contributed by atoms with E-state index < -0.39 is 0 Å². The van der Waals surface area contributed by atoms with Crippen molar-refractivity contribution >= 4 is 28.6 Å². The van der Waals surface area contributed by atoms with Crippen molar-refractivity contribution in [2.24, 2.45) is 0 Å². The first-order valence-corrected chi connectivity index (χ1v) is 25.4. The Morgan fingerprint density at radius 2 is 0.517 bits per heavy atom. The molecule has 0 atom stereocenters. The first-order chi connectivity index (χ1) is 29.8. The number of halogens is 1. The Kier molecular flexibility index (Phi) is 56.5. The summed E-state index contributed by atoms with van der Waals surface area (Å²) >= 11 is 2.42. The van der Waals surface area contributed by atoms with Gasteiger partial charge < -0.3 is 56.8 Å². The van der Waals surface area contributed by atoms with E-state index in [9.17, 15) is 4.79 Å². The lowest BCUT2D eigenvalue weighted by Crippen LogP contribution is -2.15. The fourth-order valence-corrected chi connectivity index (χ4v) is 6.42. The van der Waals surface area contributed by atoms with Crippen LogP contribution >= 0.6 is 22.6 Å². The predicted molar refractivity (Wildman–Crippen MR) is 247 cm³/mol. The van der Waals surface area contributed by atoms with Crippen LogP contribution in [0.5, 0.6) is 0 Å². The average Bonchev–Trinajstić information content (AvgIpc) is 3.25. The monoisotopic (exact) mass is 979 g/mol. The summed E-state index contributed by atoms with van der Waals surface area (Å²) in [5.74, 6) is -0.129. The molecule has 0 aromatic heterocycles. The topological polar surface area (TPSA) is 128 Å². The highest BCUT2D eigenvalue weighted by atomic mass is 127. The van der Waals surface area contributed by atoms with Crippen LogP contribution in [0.15, 0.2) is 0 Å². The van der Waals surface area contributed by atoms with Crippen LogP contribution in [0.3, 0.4) is 0 Å². The molecular weight excluding hydrogens is 887 g/mol. The van der Waals surface area contributed by atoms with Gasteiger partial charge in [-0.1, -0.05) is 132 Å². The van der Waals surface area contributed by atoms with Gasteiger partial charge in [-0.3, -0.25) is 4.79 Å². The van der Waals surface area contributed by atoms with Gasteiger partial charge >= 0.3 is 5.97 Å². The normalized spacial score (nSPS) is 11.6. The second kappa shape index (κ2) is 56.8. The highest BCUT2D eigenvalue weighted by Gasteiger charge is 2.03. The zero-order valence-electron chi connectivity index (χ0n) is 38.3. The Morgan fingerprint density at radius 3 is 0.817 bits per heavy atom. The first-order valence-electron chi connectivity index (χ1n) is 23.9. The number of unbranched alkanes of at least 4 members (excludes halogenated alkanes) is 17. The molecule has 0 aromatic rings. The van der Waals surface area contributed by atoms with Crippen LogP contribution < -0.4 is 0 Å². The molecular formula is C46H91IO13. The fraction of sp³-hybridized carbons (Fsp3) is 0.978. The van der Waals surface area contributed by atoms with Gasteiger partial charge in [0.25, 0.3) is 0 Å². The van der Waals surface area contributed by atoms with Crippen LogP contribution in [0.25, 0.3) is 0 Å². The Bertz CT molecular complexity index is 787. The predicted octanol–water partition coefficient (Wildman–Crippen LogP) is 8.97. The molecule has 0 aliphatic rings. The molecule has 0 heterocycles. The van der Waals surface area contributed by atoms with Crippen molar-refractivity contribution in [1.82, 2.24) is 0 Å². The molecule has 0 aliphatic heterocycles. The van der Waals surface area contributed by atoms with E-state index in [1.807, 2.05) is 0 Å². The lowest BCUT2D eigenvalue weighted by Gasteiger charge is -2.09. The van der Waals surface area contributed by atoms with Crippen LogP contribution in [0.2, 0.25) is 0 Å². The SMILES string of the molecule is CCCCCCCCCCCCCCCCCC(=O)OCCOCCOCCOCCOCCOCCOCCOCCOCCOCCOCCOCCCCCCI. The van der Waals surface area contributed by atoms with Gasteiger partial charge in [-0.2, -0.15) is 0 Å². The number of hydrogen-bond acceptors (Lipinski definition) is 13. The summed E-state index contributed by atoms with van der Waals surface area (Å²) < 4.78 is 67.2. The zero-order chi connectivity index (χ0) is 43.2. The van der Waals surface area contributed by atoms with Crippen LogP contribution in [-0.4, -0.2) is 162 Å². The molecule has 14 heteroatoms. The van der Waals surface area contributed by atoms with Crippen LogP contribution in [0.4, 0.5) is 0 Å². The number of carbonyl (C=O) groups excluding carboxylic acids is 1. The van der Waals surface area contributed by atoms with E-state index in [1.165, 1.54) is 107 Å². The molecule has 0 aromatic carbocycles. The Morgan fingerprint density at radius 1 is 0.283 bits per heavy atom. The molecule has 0 unspecified atom stereocenters. The van der Waals surface area contributed by atoms with Crippen molar-refractivity contribution in [2.45, 2.75) is 135 Å². The van der Waals surface area contributed by atoms with E-state index in [0.29, 0.717) is 145 Å². The largest absolute Gasteiger partial charge is 0.463 e. The number of esters is 1. The van der Waals surface area contributed by atoms with Crippen molar-refractivity contribution in [3.05, 3.63) is 0 Å². The number of rotatable bonds is 55. The summed E-state index contributed by atoms with van der Waals surface area (Å²) in [7, 11) is 0. The van der Waals surface area contributed by atoms with E-state index in [2.05, 4.69) is 29.5 Å². The van der Waals surface area contributed by atoms with Crippen molar-refractivity contribution < 1.29 is 61.6 Å². The summed E-state index contributed by atoms with van der Waals surface area (Å²) in [5, 5.41) is 0. The van der Waals surface area contributed by atoms with Gasteiger partial charge in [0.15, 0.2) is 0 Å². The minimum absolute atomic E-state index is 0.129. The van der Waals surface area contributed by atoms with E-state index >= 15 is 0 Å². The second-order valence-corrected chi connectivity index (χ2v) is 15.8. The highest BCUT2D eigenvalue weighted by Crippen LogP contribution is 2.14. The highest BCUT2D eigenvalue weighted by molar-refractivity contribution is 14.1. The number of hydrogen-bond donors (Lipinski definition) is 0. The van der Waals surface area contributed by atoms with Gasteiger partial charge in [0.1, 0.15) is 6.61 Å². The van der Waals surface area contributed by atoms with E-state index in [1.54, 1.807) is 0 Å². The third kappa shape index (κ3) is 55.8. The van der Waals surface area contributed by atoms with Crippen LogP contribution in [-0.2, 0) is 61.6 Å². The third-order valence-corrected chi connectivity index (χ3v) is 10.1. The second-order valence-electron chi connectivity index (χ2n) is 14.8. The van der Waals surface area contributed by atoms with Crippen LogP contribution in [0, 0.1) is 0 Å². The fourth-order valence-electron chi connectivity index (χ4n) is 5.88. The summed E-state index contributed by atoms with van der Waals surface area (Å²) in [6.07, 6.45) is 25.2. The molecule has 0 bridgehead atoms. The maximum Gasteiger partial charge on any atom is 0.305 e. The maximum absolute atomic E-state index is 11.9. The lowest BCUT2D eigenvalue weighted by atomic mass is 10.0. The molecule has 0 saturated carbocycles. The molecule has 0 radical (unpaired) electrons. The van der Waals surface area contributed by atoms with Gasteiger partial charge in [-0.15, -0.1) is 0 Å². The zero-order valence-corrected chi connectivity index (χ0v) is 40.5. The summed E-state index contributed by atoms with van der Waals surface area (Å²) in [5.41, 5.74) is 0. The Labute approximate surface area is 380 Å². The Hall–Kier alpha value is -0.240. The summed E-state index contributed by atoms with van der Waals surface area (Å²) in [4.78, 5) is 11.9. The standard InChI is InChI=1S/C46H91IO13/c1-2-3-4-5-6-7-8-9-10-11-12-13-14-15-18-21-46(48)60-45-44-59-43-42-58-41-40-57-39-38-56-37-36-55-35-34-54-33-32-53-31-30-52-29-28-51-27-26-50-25-24-49-23-20-17-16-19-22-47/h2-45H2,1H3. The molecule has 0 rings (SSSR count). The molecule has 13 nitrogen and oxygen atoms in total. The maximum atomic E-state index is 11.9. The molecule has 0 saturated heterocycles. The molecule has 0 fully saturated rings. The van der Waals surface area contributed by atoms with E-state index in [0.717, 1.165) is 25.9 Å². The number of carbonyl (C=O) groups is 1. The van der Waals surface area contributed by atoms with Crippen molar-refractivity contribution in [3.8, 4) is 0 Å². The van der Waals surface area contributed by atoms with E-state index in [-0.39, 0.29) is 12.6 Å². The number of ether oxygens (including phenoxy) is 12. The summed E-state index contributed by atoms with van der Waals surface area (Å²) in [6, 6.07) is 0. The summed E-state index contributed by atoms with van der Waals surface area (Å²) in [6.45, 7) is 14.2. The first kappa shape index (κ1) is 59.8. The average molecular weight is 979 g/mol. The Balaban J connectivity index is 3.12. The molecule has 0 aliphatic carbocycles. The van der Waals surface area contributed by atoms with Crippen molar-refractivity contribution in [1.29, 1.82) is 0 Å². The molecule has 0 spiro atoms. The van der Waals surface area contributed by atoms with Gasteiger partial charge in [-0.25, -0.2) is 0 Å². The van der Waals surface area contributed by atoms with Gasteiger partial charge in [0, 0.05) is 13.0 Å². The van der Waals surface area contributed by atoms with Crippen molar-refractivity contribution in [3.63, 3.8) is 0 Å². The van der Waals surface area contributed by atoms with Gasteiger partial charge in [-0.05, 0) is 23.7 Å².